The number of carbonyl (C=O) groups excluding carboxylic acids is 2. The molecule has 0 amide bonds. The number of anilines is 1. The van der Waals surface area contributed by atoms with Gasteiger partial charge >= 0.3 is 11.9 Å². The second kappa shape index (κ2) is 5.99. The molecule has 0 aliphatic carbocycles. The van der Waals surface area contributed by atoms with Gasteiger partial charge in [-0.2, -0.15) is 0 Å². The summed E-state index contributed by atoms with van der Waals surface area (Å²) < 4.78 is 10.2. The molecule has 1 heterocycles. The molecule has 1 aliphatic rings. The van der Waals surface area contributed by atoms with Crippen LogP contribution in [0.25, 0.3) is 0 Å². The summed E-state index contributed by atoms with van der Waals surface area (Å²) in [6, 6.07) is 3.07. The summed E-state index contributed by atoms with van der Waals surface area (Å²) in [6.07, 6.45) is 1.11. The van der Waals surface area contributed by atoms with E-state index in [1.165, 1.54) is 19.9 Å². The van der Waals surface area contributed by atoms with Crippen LogP contribution in [0.2, 0.25) is 0 Å². The Bertz CT molecular complexity index is 719. The highest BCUT2D eigenvalue weighted by Gasteiger charge is 2.39. The number of ether oxygens (including phenoxy) is 2. The van der Waals surface area contributed by atoms with Gasteiger partial charge in [0, 0.05) is 25.7 Å². The first-order chi connectivity index (χ1) is 10.6. The fraction of sp³-hybridized carbons (Fsp3) is 0.286. The fourth-order valence-electron chi connectivity index (χ4n) is 1.98. The number of rotatable bonds is 3. The lowest BCUT2D eigenvalue weighted by atomic mass is 10.1. The molecular formula is C14H13BrN2O6. The molecule has 1 N–H and O–H groups in total. The first-order valence-corrected chi connectivity index (χ1v) is 7.28. The smallest absolute Gasteiger partial charge is 0.350 e. The Labute approximate surface area is 139 Å². The van der Waals surface area contributed by atoms with E-state index in [1.807, 2.05) is 0 Å². The van der Waals surface area contributed by atoms with Gasteiger partial charge in [0.1, 0.15) is 0 Å². The first-order valence-electron chi connectivity index (χ1n) is 6.49. The van der Waals surface area contributed by atoms with Crippen LogP contribution in [0, 0.1) is 17.0 Å². The van der Waals surface area contributed by atoms with Crippen molar-refractivity contribution in [1.29, 1.82) is 0 Å². The number of nitro benzene ring substituents is 1. The number of nitrogens with one attached hydrogen (secondary N) is 1. The van der Waals surface area contributed by atoms with Gasteiger partial charge in [0.05, 0.1) is 15.0 Å². The number of hydrogen-bond donors (Lipinski definition) is 1. The second-order valence-electron chi connectivity index (χ2n) is 5.21. The molecule has 23 heavy (non-hydrogen) atoms. The summed E-state index contributed by atoms with van der Waals surface area (Å²) in [4.78, 5) is 34.2. The molecule has 0 atom stereocenters. The fourth-order valence-corrected chi connectivity index (χ4v) is 2.55. The number of cyclic esters (lactones) is 2. The maximum absolute atomic E-state index is 11.8. The van der Waals surface area contributed by atoms with E-state index in [0.717, 1.165) is 6.20 Å². The second-order valence-corrected chi connectivity index (χ2v) is 6.06. The molecule has 1 fully saturated rings. The Morgan fingerprint density at radius 2 is 1.83 bits per heavy atom. The molecule has 1 aliphatic heterocycles. The summed E-state index contributed by atoms with van der Waals surface area (Å²) in [5, 5.41) is 13.8. The summed E-state index contributed by atoms with van der Waals surface area (Å²) in [6.45, 7) is 4.43. The van der Waals surface area contributed by atoms with E-state index in [0.29, 0.717) is 15.7 Å². The Morgan fingerprint density at radius 3 is 2.35 bits per heavy atom. The Morgan fingerprint density at radius 1 is 1.26 bits per heavy atom. The minimum atomic E-state index is -1.32. The number of benzene rings is 1. The van der Waals surface area contributed by atoms with Gasteiger partial charge in [-0.05, 0) is 35.0 Å². The third kappa shape index (κ3) is 3.50. The Balaban J connectivity index is 2.31. The normalized spacial score (nSPS) is 16.4. The number of nitrogens with zero attached hydrogens (tertiary/aromatic N) is 1. The molecule has 0 bridgehead atoms. The van der Waals surface area contributed by atoms with Gasteiger partial charge in [-0.1, -0.05) is 0 Å². The third-order valence-electron chi connectivity index (χ3n) is 3.05. The lowest BCUT2D eigenvalue weighted by Gasteiger charge is -2.29. The lowest BCUT2D eigenvalue weighted by molar-refractivity contribution is -0.386. The topological polar surface area (TPSA) is 108 Å². The van der Waals surface area contributed by atoms with Crippen molar-refractivity contribution >= 4 is 39.2 Å². The van der Waals surface area contributed by atoms with Crippen LogP contribution in [-0.2, 0) is 19.1 Å². The van der Waals surface area contributed by atoms with Crippen molar-refractivity contribution in [3.05, 3.63) is 44.1 Å². The maximum Gasteiger partial charge on any atom is 0.350 e. The van der Waals surface area contributed by atoms with E-state index in [9.17, 15) is 19.7 Å². The highest BCUT2D eigenvalue weighted by molar-refractivity contribution is 9.10. The van der Waals surface area contributed by atoms with Crippen LogP contribution in [0.3, 0.4) is 0 Å². The zero-order valence-electron chi connectivity index (χ0n) is 12.5. The SMILES string of the molecule is Cc1c(NC=C2C(=O)OC(C)(C)OC2=O)ccc(Br)c1[N+](=O)[O-]. The van der Waals surface area contributed by atoms with E-state index >= 15 is 0 Å². The molecule has 2 rings (SSSR count). The van der Waals surface area contributed by atoms with Crippen LogP contribution in [0.1, 0.15) is 19.4 Å². The standard InChI is InChI=1S/C14H13BrN2O6/c1-7-10(5-4-9(15)11(7)17(20)21)16-6-8-12(18)22-14(2,3)23-13(8)19/h4-6,16H,1-3H3. The molecule has 8 nitrogen and oxygen atoms in total. The van der Waals surface area contributed by atoms with Crippen molar-refractivity contribution in [2.45, 2.75) is 26.6 Å². The van der Waals surface area contributed by atoms with Gasteiger partial charge in [0.2, 0.25) is 0 Å². The van der Waals surface area contributed by atoms with Crippen molar-refractivity contribution in [2.24, 2.45) is 0 Å². The van der Waals surface area contributed by atoms with Crippen LogP contribution in [0.4, 0.5) is 11.4 Å². The summed E-state index contributed by atoms with van der Waals surface area (Å²) in [5.74, 6) is -2.98. The largest absolute Gasteiger partial charge is 0.419 e. The highest BCUT2D eigenvalue weighted by atomic mass is 79.9. The van der Waals surface area contributed by atoms with Crippen molar-refractivity contribution < 1.29 is 24.0 Å². The van der Waals surface area contributed by atoms with Crippen LogP contribution >= 0.6 is 15.9 Å². The molecule has 0 radical (unpaired) electrons. The molecule has 0 aromatic heterocycles. The minimum Gasteiger partial charge on any atom is -0.419 e. The Hall–Kier alpha value is -2.42. The third-order valence-corrected chi connectivity index (χ3v) is 3.69. The van der Waals surface area contributed by atoms with Gasteiger partial charge < -0.3 is 14.8 Å². The molecule has 1 aromatic rings. The zero-order valence-corrected chi connectivity index (χ0v) is 14.1. The zero-order chi connectivity index (χ0) is 17.4. The average molecular weight is 385 g/mol. The van der Waals surface area contributed by atoms with Crippen molar-refractivity contribution in [2.75, 3.05) is 5.32 Å². The monoisotopic (exact) mass is 384 g/mol. The first kappa shape index (κ1) is 16.9. The maximum atomic E-state index is 11.8. The quantitative estimate of drug-likeness (QED) is 0.280. The van der Waals surface area contributed by atoms with E-state index in [-0.39, 0.29) is 11.3 Å². The molecule has 122 valence electrons. The predicted octanol–water partition coefficient (Wildman–Crippen LogP) is 2.80. The van der Waals surface area contributed by atoms with Gasteiger partial charge in [0.15, 0.2) is 5.57 Å². The number of nitro groups is 1. The summed E-state index contributed by atoms with van der Waals surface area (Å²) in [7, 11) is 0. The highest BCUT2D eigenvalue weighted by Crippen LogP contribution is 2.33. The minimum absolute atomic E-state index is 0.108. The van der Waals surface area contributed by atoms with E-state index < -0.39 is 22.6 Å². The van der Waals surface area contributed by atoms with Crippen LogP contribution < -0.4 is 5.32 Å². The summed E-state index contributed by atoms with van der Waals surface area (Å²) in [5.41, 5.74) is 0.287. The van der Waals surface area contributed by atoms with E-state index in [1.54, 1.807) is 13.0 Å². The van der Waals surface area contributed by atoms with Gasteiger partial charge in [-0.3, -0.25) is 10.1 Å². The van der Waals surface area contributed by atoms with Crippen LogP contribution in [-0.4, -0.2) is 22.6 Å². The molecule has 1 saturated heterocycles. The number of carbonyl (C=O) groups is 2. The molecule has 1 aromatic carbocycles. The van der Waals surface area contributed by atoms with Crippen molar-refractivity contribution in [3.63, 3.8) is 0 Å². The number of esters is 2. The Kier molecular flexibility index (Phi) is 4.42. The number of halogens is 1. The molecule has 0 saturated carbocycles. The lowest BCUT2D eigenvalue weighted by Crippen LogP contribution is -2.42. The van der Waals surface area contributed by atoms with Crippen molar-refractivity contribution in [1.82, 2.24) is 0 Å². The van der Waals surface area contributed by atoms with Gasteiger partial charge in [-0.25, -0.2) is 9.59 Å². The van der Waals surface area contributed by atoms with Gasteiger partial charge in [0.25, 0.3) is 11.5 Å². The molecular weight excluding hydrogens is 372 g/mol. The number of hydrogen-bond acceptors (Lipinski definition) is 7. The van der Waals surface area contributed by atoms with E-state index in [4.69, 9.17) is 9.47 Å². The van der Waals surface area contributed by atoms with Crippen LogP contribution in [0.5, 0.6) is 0 Å². The van der Waals surface area contributed by atoms with E-state index in [2.05, 4.69) is 21.2 Å². The van der Waals surface area contributed by atoms with Gasteiger partial charge in [-0.15, -0.1) is 0 Å². The predicted molar refractivity (Wildman–Crippen MR) is 83.5 cm³/mol. The summed E-state index contributed by atoms with van der Waals surface area (Å²) >= 11 is 3.11. The van der Waals surface area contributed by atoms with Crippen molar-refractivity contribution in [3.8, 4) is 0 Å². The molecule has 0 spiro atoms. The molecule has 9 heteroatoms. The average Bonchev–Trinajstić information content (AvgIpc) is 2.38. The van der Waals surface area contributed by atoms with Crippen LogP contribution in [0.15, 0.2) is 28.4 Å². The molecule has 0 unspecified atom stereocenters.